The van der Waals surface area contributed by atoms with Crippen molar-refractivity contribution in [2.45, 2.75) is 64.2 Å². The average Bonchev–Trinajstić information content (AvgIpc) is 2.63. The van der Waals surface area contributed by atoms with E-state index in [1.807, 2.05) is 6.92 Å². The molecule has 0 bridgehead atoms. The number of unbranched alkanes of at least 4 members (excludes halogenated alkanes) is 1. The molecule has 1 aliphatic heterocycles. The Labute approximate surface area is 158 Å². The van der Waals surface area contributed by atoms with Crippen molar-refractivity contribution in [3.63, 3.8) is 0 Å². The van der Waals surface area contributed by atoms with E-state index in [2.05, 4.69) is 19.2 Å². The molecule has 6 heteroatoms. The van der Waals surface area contributed by atoms with Gasteiger partial charge in [-0.05, 0) is 55.9 Å². The minimum absolute atomic E-state index is 0.00805. The lowest BCUT2D eigenvalue weighted by Crippen LogP contribution is -2.37. The van der Waals surface area contributed by atoms with Gasteiger partial charge in [-0.15, -0.1) is 0 Å². The zero-order valence-electron chi connectivity index (χ0n) is 16.2. The molecule has 0 spiro atoms. The number of rotatable bonds is 8. The summed E-state index contributed by atoms with van der Waals surface area (Å²) in [6, 6.07) is 6.56. The number of hydrogen-bond donors (Lipinski definition) is 1. The highest BCUT2D eigenvalue weighted by Crippen LogP contribution is 2.24. The molecule has 0 saturated carbocycles. The molecule has 26 heavy (non-hydrogen) atoms. The van der Waals surface area contributed by atoms with Crippen molar-refractivity contribution in [3.8, 4) is 0 Å². The summed E-state index contributed by atoms with van der Waals surface area (Å²) in [5, 5.41) is 2.92. The maximum absolute atomic E-state index is 12.7. The summed E-state index contributed by atoms with van der Waals surface area (Å²) in [6.07, 6.45) is 5.63. The Kier molecular flexibility index (Phi) is 7.65. The van der Waals surface area contributed by atoms with Gasteiger partial charge >= 0.3 is 0 Å². The van der Waals surface area contributed by atoms with Crippen LogP contribution in [0.3, 0.4) is 0 Å². The predicted octanol–water partition coefficient (Wildman–Crippen LogP) is 4.26. The van der Waals surface area contributed by atoms with E-state index in [-0.39, 0.29) is 11.8 Å². The molecule has 0 aliphatic carbocycles. The number of carbonyl (C=O) groups is 1. The molecule has 2 rings (SSSR count). The van der Waals surface area contributed by atoms with Crippen molar-refractivity contribution in [2.75, 3.05) is 18.4 Å². The van der Waals surface area contributed by atoms with Crippen LogP contribution in [0, 0.1) is 11.8 Å². The van der Waals surface area contributed by atoms with Crippen LogP contribution in [0.5, 0.6) is 0 Å². The van der Waals surface area contributed by atoms with Crippen LogP contribution in [0.25, 0.3) is 0 Å². The number of sulfonamides is 1. The second-order valence-corrected chi connectivity index (χ2v) is 9.29. The largest absolute Gasteiger partial charge is 0.326 e. The first-order valence-corrected chi connectivity index (χ1v) is 11.2. The third-order valence-corrected chi connectivity index (χ3v) is 7.18. The van der Waals surface area contributed by atoms with E-state index >= 15 is 0 Å². The number of amides is 1. The third-order valence-electron chi connectivity index (χ3n) is 5.27. The summed E-state index contributed by atoms with van der Waals surface area (Å²) < 4.78 is 27.0. The smallest absolute Gasteiger partial charge is 0.243 e. The number of nitrogens with zero attached hydrogens (tertiary/aromatic N) is 1. The Balaban J connectivity index is 2.02. The lowest BCUT2D eigenvalue weighted by Gasteiger charge is -2.29. The van der Waals surface area contributed by atoms with Gasteiger partial charge < -0.3 is 5.32 Å². The van der Waals surface area contributed by atoms with Crippen LogP contribution in [-0.2, 0) is 14.8 Å². The molecule has 1 heterocycles. The first-order valence-electron chi connectivity index (χ1n) is 9.79. The van der Waals surface area contributed by atoms with Crippen LogP contribution in [0.1, 0.15) is 59.3 Å². The number of carbonyl (C=O) groups excluding carboxylic acids is 1. The van der Waals surface area contributed by atoms with Gasteiger partial charge in [-0.25, -0.2) is 8.42 Å². The van der Waals surface area contributed by atoms with Crippen molar-refractivity contribution >= 4 is 21.6 Å². The second kappa shape index (κ2) is 9.51. The van der Waals surface area contributed by atoms with Gasteiger partial charge in [-0.1, -0.05) is 33.6 Å². The highest BCUT2D eigenvalue weighted by Gasteiger charge is 2.28. The number of anilines is 1. The van der Waals surface area contributed by atoms with Gasteiger partial charge in [0, 0.05) is 24.7 Å². The summed E-state index contributed by atoms with van der Waals surface area (Å²) >= 11 is 0. The molecule has 1 aromatic carbocycles. The van der Waals surface area contributed by atoms with E-state index in [1.165, 1.54) is 0 Å². The van der Waals surface area contributed by atoms with Gasteiger partial charge in [-0.3, -0.25) is 4.79 Å². The molecule has 1 unspecified atom stereocenters. The van der Waals surface area contributed by atoms with Gasteiger partial charge in [0.15, 0.2) is 0 Å². The monoisotopic (exact) mass is 380 g/mol. The van der Waals surface area contributed by atoms with Crippen LogP contribution in [0.4, 0.5) is 5.69 Å². The number of hydrogen-bond acceptors (Lipinski definition) is 3. The maximum Gasteiger partial charge on any atom is 0.243 e. The Morgan fingerprint density at radius 1 is 1.19 bits per heavy atom. The molecule has 1 saturated heterocycles. The van der Waals surface area contributed by atoms with Gasteiger partial charge in [0.1, 0.15) is 0 Å². The van der Waals surface area contributed by atoms with Crippen LogP contribution < -0.4 is 5.32 Å². The lowest BCUT2D eigenvalue weighted by atomic mass is 9.98. The SMILES string of the molecule is CCCCC(CC)C(=O)Nc1ccc(S(=O)(=O)N2CCC(C)CC2)cc1. The number of nitrogens with one attached hydrogen (secondary N) is 1. The summed E-state index contributed by atoms with van der Waals surface area (Å²) in [6.45, 7) is 7.46. The fourth-order valence-corrected chi connectivity index (χ4v) is 4.77. The summed E-state index contributed by atoms with van der Waals surface area (Å²) in [5.74, 6) is 0.605. The van der Waals surface area contributed by atoms with E-state index < -0.39 is 10.0 Å². The fraction of sp³-hybridized carbons (Fsp3) is 0.650. The zero-order valence-corrected chi connectivity index (χ0v) is 17.0. The third kappa shape index (κ3) is 5.30. The van der Waals surface area contributed by atoms with Crippen molar-refractivity contribution in [1.82, 2.24) is 4.31 Å². The molecule has 1 atom stereocenters. The minimum atomic E-state index is -3.44. The molecular weight excluding hydrogens is 348 g/mol. The quantitative estimate of drug-likeness (QED) is 0.733. The van der Waals surface area contributed by atoms with Crippen molar-refractivity contribution in [3.05, 3.63) is 24.3 Å². The molecule has 5 nitrogen and oxygen atoms in total. The Morgan fingerprint density at radius 2 is 1.81 bits per heavy atom. The van der Waals surface area contributed by atoms with Gasteiger partial charge in [0.05, 0.1) is 4.90 Å². The van der Waals surface area contributed by atoms with E-state index in [4.69, 9.17) is 0 Å². The van der Waals surface area contributed by atoms with Crippen LogP contribution in [-0.4, -0.2) is 31.7 Å². The molecule has 1 fully saturated rings. The molecule has 146 valence electrons. The Morgan fingerprint density at radius 3 is 2.35 bits per heavy atom. The maximum atomic E-state index is 12.7. The van der Waals surface area contributed by atoms with Crippen LogP contribution in [0.15, 0.2) is 29.2 Å². The van der Waals surface area contributed by atoms with Crippen LogP contribution in [0.2, 0.25) is 0 Å². The first kappa shape index (κ1) is 20.9. The van der Waals surface area contributed by atoms with Gasteiger partial charge in [0.2, 0.25) is 15.9 Å². The highest BCUT2D eigenvalue weighted by atomic mass is 32.2. The minimum Gasteiger partial charge on any atom is -0.326 e. The Hall–Kier alpha value is -1.40. The summed E-state index contributed by atoms with van der Waals surface area (Å²) in [4.78, 5) is 12.7. The molecule has 1 amide bonds. The predicted molar refractivity (Wildman–Crippen MR) is 106 cm³/mol. The van der Waals surface area contributed by atoms with E-state index in [0.29, 0.717) is 29.6 Å². The van der Waals surface area contributed by atoms with Crippen molar-refractivity contribution in [2.24, 2.45) is 11.8 Å². The first-order chi connectivity index (χ1) is 12.4. The molecule has 1 aromatic rings. The number of benzene rings is 1. The highest BCUT2D eigenvalue weighted by molar-refractivity contribution is 7.89. The molecule has 0 aromatic heterocycles. The normalized spacial score (nSPS) is 17.8. The van der Waals surface area contributed by atoms with E-state index in [9.17, 15) is 13.2 Å². The molecule has 0 radical (unpaired) electrons. The summed E-state index contributed by atoms with van der Waals surface area (Å²) in [5.41, 5.74) is 0.649. The standard InChI is InChI=1S/C20H32N2O3S/c1-4-6-7-17(5-2)20(23)21-18-8-10-19(11-9-18)26(24,25)22-14-12-16(3)13-15-22/h8-11,16-17H,4-7,12-15H2,1-3H3,(H,21,23). The summed E-state index contributed by atoms with van der Waals surface area (Å²) in [7, 11) is -3.44. The molecular formula is C20H32N2O3S. The molecule has 1 N–H and O–H groups in total. The van der Waals surface area contributed by atoms with Gasteiger partial charge in [0.25, 0.3) is 0 Å². The topological polar surface area (TPSA) is 66.5 Å². The zero-order chi connectivity index (χ0) is 19.2. The van der Waals surface area contributed by atoms with Crippen molar-refractivity contribution < 1.29 is 13.2 Å². The van der Waals surface area contributed by atoms with E-state index in [1.54, 1.807) is 28.6 Å². The van der Waals surface area contributed by atoms with Gasteiger partial charge in [-0.2, -0.15) is 4.31 Å². The molecule has 1 aliphatic rings. The second-order valence-electron chi connectivity index (χ2n) is 7.35. The van der Waals surface area contributed by atoms with E-state index in [0.717, 1.165) is 38.5 Å². The van der Waals surface area contributed by atoms with Crippen molar-refractivity contribution in [1.29, 1.82) is 0 Å². The lowest BCUT2D eigenvalue weighted by molar-refractivity contribution is -0.120. The number of piperidine rings is 1. The fourth-order valence-electron chi connectivity index (χ4n) is 3.30. The average molecular weight is 381 g/mol. The Bertz CT molecular complexity index is 678. The van der Waals surface area contributed by atoms with Crippen LogP contribution >= 0.6 is 0 Å².